The maximum atomic E-state index is 10.5. The zero-order valence-corrected chi connectivity index (χ0v) is 7.48. The number of carboxylic acids is 1. The summed E-state index contributed by atoms with van der Waals surface area (Å²) in [5.74, 6) is -1.06. The fraction of sp³-hybridized carbons (Fsp3) is 0.143. The van der Waals surface area contributed by atoms with Gasteiger partial charge in [0.25, 0.3) is 0 Å². The Morgan fingerprint density at radius 3 is 2.67 bits per heavy atom. The normalized spacial score (nSPS) is 16.6. The summed E-state index contributed by atoms with van der Waals surface area (Å²) in [4.78, 5) is 11.0. The highest BCUT2D eigenvalue weighted by Crippen LogP contribution is 2.20. The molecule has 0 aromatic rings. The summed E-state index contributed by atoms with van der Waals surface area (Å²) in [7, 11) is 0. The first-order valence-corrected chi connectivity index (χ1v) is 4.22. The van der Waals surface area contributed by atoms with E-state index in [1.165, 1.54) is 12.2 Å². The molecule has 5 heteroatoms. The predicted octanol–water partition coefficient (Wildman–Crippen LogP) is 0.909. The van der Waals surface area contributed by atoms with Crippen LogP contribution < -0.4 is 0 Å². The molecule has 0 saturated heterocycles. The van der Waals surface area contributed by atoms with Crippen molar-refractivity contribution in [2.75, 3.05) is 0 Å². The number of aliphatic carboxylic acids is 1. The Morgan fingerprint density at radius 1 is 1.58 bits per heavy atom. The number of carboxylic acid groups (broad SMARTS) is 1. The molecule has 0 unspecified atom stereocenters. The summed E-state index contributed by atoms with van der Waals surface area (Å²) < 4.78 is 10.3. The summed E-state index contributed by atoms with van der Waals surface area (Å²) in [6, 6.07) is 0. The second-order valence-corrected chi connectivity index (χ2v) is 3.33. The van der Waals surface area contributed by atoms with Gasteiger partial charge in [0.1, 0.15) is 0 Å². The fourth-order valence-corrected chi connectivity index (χ4v) is 1.51. The molecule has 1 aliphatic carbocycles. The molecule has 1 rings (SSSR count). The van der Waals surface area contributed by atoms with Crippen LogP contribution in [0.5, 0.6) is 0 Å². The monoisotopic (exact) mass is 204 g/mol. The summed E-state index contributed by atoms with van der Waals surface area (Å²) in [5, 5.41) is 8.79. The van der Waals surface area contributed by atoms with E-state index in [0.717, 1.165) is 0 Å². The van der Waals surface area contributed by atoms with Crippen molar-refractivity contribution in [3.05, 3.63) is 22.8 Å². The van der Waals surface area contributed by atoms with Crippen molar-refractivity contribution in [3.63, 3.8) is 0 Å². The molecule has 0 bridgehead atoms. The summed E-state index contributed by atoms with van der Waals surface area (Å²) in [6.07, 6.45) is 3.05. The van der Waals surface area contributed by atoms with Gasteiger partial charge in [-0.15, -0.1) is 0 Å². The van der Waals surface area contributed by atoms with Crippen LogP contribution in [0.1, 0.15) is 6.42 Å². The lowest BCUT2D eigenvalue weighted by molar-refractivity contribution is -0.132. The molecule has 64 valence electrons. The Labute approximate surface area is 77.4 Å². The van der Waals surface area contributed by atoms with E-state index in [1.807, 2.05) is 0 Å². The summed E-state index contributed by atoms with van der Waals surface area (Å²) in [5.41, 5.74) is 0.0643. The van der Waals surface area contributed by atoms with Crippen LogP contribution in [-0.2, 0) is 16.1 Å². The summed E-state index contributed by atoms with van der Waals surface area (Å²) >= 11 is 5.96. The number of allylic oxidation sites excluding steroid dienone is 2. The predicted molar refractivity (Wildman–Crippen MR) is 47.4 cm³/mol. The van der Waals surface area contributed by atoms with E-state index in [0.29, 0.717) is 16.1 Å². The van der Waals surface area contributed by atoms with Crippen LogP contribution in [0.25, 0.3) is 0 Å². The Morgan fingerprint density at radius 2 is 2.25 bits per heavy atom. The van der Waals surface area contributed by atoms with Crippen LogP contribution in [0.3, 0.4) is 0 Å². The van der Waals surface area contributed by atoms with Gasteiger partial charge in [-0.25, -0.2) is 9.00 Å². The fourth-order valence-electron chi connectivity index (χ4n) is 0.818. The van der Waals surface area contributed by atoms with Gasteiger partial charge in [-0.2, -0.15) is 0 Å². The summed E-state index contributed by atoms with van der Waals surface area (Å²) in [6.45, 7) is 0. The van der Waals surface area contributed by atoms with E-state index in [2.05, 4.69) is 0 Å². The zero-order chi connectivity index (χ0) is 9.14. The van der Waals surface area contributed by atoms with E-state index in [1.54, 1.807) is 0 Å². The number of hydrogen-bond donors (Lipinski definition) is 1. The average molecular weight is 205 g/mol. The van der Waals surface area contributed by atoms with Crippen LogP contribution in [0.2, 0.25) is 0 Å². The second kappa shape index (κ2) is 3.69. The molecule has 3 nitrogen and oxygen atoms in total. The third-order valence-electron chi connectivity index (χ3n) is 1.40. The largest absolute Gasteiger partial charge is 0.478 e. The van der Waals surface area contributed by atoms with Gasteiger partial charge in [0.15, 0.2) is 0 Å². The lowest BCUT2D eigenvalue weighted by Gasteiger charge is -2.06. The molecule has 0 aromatic heterocycles. The molecule has 12 heavy (non-hydrogen) atoms. The Bertz CT molecular complexity index is 337. The van der Waals surface area contributed by atoms with Crippen molar-refractivity contribution in [2.24, 2.45) is 0 Å². The topological polar surface area (TPSA) is 54.4 Å². The van der Waals surface area contributed by atoms with Crippen molar-refractivity contribution < 1.29 is 14.1 Å². The van der Waals surface area contributed by atoms with Gasteiger partial charge in [0.05, 0.1) is 21.7 Å². The van der Waals surface area contributed by atoms with Crippen LogP contribution >= 0.6 is 11.6 Å². The minimum Gasteiger partial charge on any atom is -0.478 e. The average Bonchev–Trinajstić information content (AvgIpc) is 2.03. The third kappa shape index (κ3) is 1.84. The first-order chi connectivity index (χ1) is 5.65. The van der Waals surface area contributed by atoms with Crippen molar-refractivity contribution in [1.82, 2.24) is 0 Å². The highest BCUT2D eigenvalue weighted by atomic mass is 35.5. The SMILES string of the molecule is O=S=C1C=CC(C(=O)O)=C(Cl)C1. The molecule has 0 aromatic carbocycles. The maximum absolute atomic E-state index is 10.5. The van der Waals surface area contributed by atoms with Gasteiger partial charge in [-0.3, -0.25) is 0 Å². The lowest BCUT2D eigenvalue weighted by Crippen LogP contribution is -2.07. The van der Waals surface area contributed by atoms with Gasteiger partial charge in [0, 0.05) is 11.5 Å². The Hall–Kier alpha value is -0.870. The van der Waals surface area contributed by atoms with Crippen molar-refractivity contribution >= 4 is 33.7 Å². The van der Waals surface area contributed by atoms with E-state index in [4.69, 9.17) is 16.7 Å². The minimum atomic E-state index is -1.06. The molecule has 1 aliphatic rings. The molecule has 0 spiro atoms. The second-order valence-electron chi connectivity index (χ2n) is 2.18. The van der Waals surface area contributed by atoms with Gasteiger partial charge in [-0.05, 0) is 12.2 Å². The van der Waals surface area contributed by atoms with Gasteiger partial charge in [-0.1, -0.05) is 11.6 Å². The minimum absolute atomic E-state index is 0.0643. The highest BCUT2D eigenvalue weighted by Gasteiger charge is 2.15. The maximum Gasteiger partial charge on any atom is 0.336 e. The molecule has 1 N–H and O–H groups in total. The Kier molecular flexibility index (Phi) is 2.83. The van der Waals surface area contributed by atoms with E-state index in [-0.39, 0.29) is 17.0 Å². The van der Waals surface area contributed by atoms with Gasteiger partial charge >= 0.3 is 5.97 Å². The van der Waals surface area contributed by atoms with E-state index in [9.17, 15) is 9.00 Å². The van der Waals surface area contributed by atoms with Crippen LogP contribution in [0, 0.1) is 0 Å². The molecule has 0 aliphatic heterocycles. The smallest absolute Gasteiger partial charge is 0.336 e. The van der Waals surface area contributed by atoms with E-state index >= 15 is 0 Å². The van der Waals surface area contributed by atoms with E-state index < -0.39 is 5.97 Å². The standard InChI is InChI=1S/C7H5ClO3S/c8-6-3-4(12-11)1-2-5(6)7(9)10/h1-2H,3H2,(H,9,10). The number of rotatable bonds is 1. The quantitative estimate of drug-likeness (QED) is 0.646. The van der Waals surface area contributed by atoms with Crippen molar-refractivity contribution in [2.45, 2.75) is 6.42 Å². The number of halogens is 1. The third-order valence-corrected chi connectivity index (χ3v) is 2.23. The van der Waals surface area contributed by atoms with Crippen molar-refractivity contribution in [1.29, 1.82) is 0 Å². The molecule has 0 atom stereocenters. The Balaban J connectivity index is 3.03. The highest BCUT2D eigenvalue weighted by molar-refractivity contribution is 7.67. The lowest BCUT2D eigenvalue weighted by atomic mass is 10.1. The zero-order valence-electron chi connectivity index (χ0n) is 5.91. The molecule has 0 amide bonds. The van der Waals surface area contributed by atoms with Crippen LogP contribution in [-0.4, -0.2) is 20.1 Å². The number of carbonyl (C=O) groups is 1. The first-order valence-electron chi connectivity index (χ1n) is 3.11. The first kappa shape index (κ1) is 9.22. The molecular weight excluding hydrogens is 200 g/mol. The number of hydrogen-bond acceptors (Lipinski definition) is 2. The van der Waals surface area contributed by atoms with Gasteiger partial charge in [0.2, 0.25) is 0 Å². The molecular formula is C7H5ClO3S. The van der Waals surface area contributed by atoms with Crippen molar-refractivity contribution in [3.8, 4) is 0 Å². The molecule has 0 fully saturated rings. The van der Waals surface area contributed by atoms with Crippen LogP contribution in [0.4, 0.5) is 0 Å². The van der Waals surface area contributed by atoms with Gasteiger partial charge < -0.3 is 5.11 Å². The molecule has 0 heterocycles. The molecule has 0 saturated carbocycles. The van der Waals surface area contributed by atoms with Crippen LogP contribution in [0.15, 0.2) is 22.8 Å². The molecule has 0 radical (unpaired) electrons.